The van der Waals surface area contributed by atoms with Crippen LogP contribution in [-0.4, -0.2) is 18.8 Å². The fraction of sp³-hybridized carbons (Fsp3) is 1.00. The largest absolute Gasteiger partial charge is 0.378 e. The summed E-state index contributed by atoms with van der Waals surface area (Å²) in [6.07, 6.45) is 9.50. The molecule has 0 aromatic carbocycles. The van der Waals surface area contributed by atoms with Gasteiger partial charge in [-0.05, 0) is 44.4 Å². The summed E-state index contributed by atoms with van der Waals surface area (Å²) in [4.78, 5) is 0. The van der Waals surface area contributed by atoms with Crippen molar-refractivity contribution in [1.29, 1.82) is 0 Å². The Balaban J connectivity index is 1.65. The van der Waals surface area contributed by atoms with Crippen molar-refractivity contribution in [3.63, 3.8) is 0 Å². The molecule has 2 aliphatic rings. The van der Waals surface area contributed by atoms with Crippen LogP contribution in [0.2, 0.25) is 0 Å². The van der Waals surface area contributed by atoms with Gasteiger partial charge < -0.3 is 4.74 Å². The lowest BCUT2D eigenvalue weighted by Crippen LogP contribution is -2.43. The van der Waals surface area contributed by atoms with Gasteiger partial charge in [-0.2, -0.15) is 0 Å². The molecule has 0 radical (unpaired) electrons. The topological polar surface area (TPSA) is 47.3 Å². The molecule has 3 N–H and O–H groups in total. The third kappa shape index (κ3) is 2.47. The zero-order valence-corrected chi connectivity index (χ0v) is 8.87. The van der Waals surface area contributed by atoms with Crippen LogP contribution in [0, 0.1) is 5.92 Å². The molecule has 82 valence electrons. The Morgan fingerprint density at radius 3 is 2.64 bits per heavy atom. The number of rotatable bonds is 5. The molecule has 0 bridgehead atoms. The van der Waals surface area contributed by atoms with Crippen LogP contribution in [0.25, 0.3) is 0 Å². The highest BCUT2D eigenvalue weighted by atomic mass is 16.5. The summed E-state index contributed by atoms with van der Waals surface area (Å²) in [6, 6.07) is 0.535. The van der Waals surface area contributed by atoms with E-state index in [0.29, 0.717) is 12.1 Å². The minimum atomic E-state index is 0.519. The maximum Gasteiger partial charge on any atom is 0.0576 e. The zero-order chi connectivity index (χ0) is 9.80. The summed E-state index contributed by atoms with van der Waals surface area (Å²) < 4.78 is 5.61. The van der Waals surface area contributed by atoms with E-state index in [1.807, 2.05) is 0 Å². The van der Waals surface area contributed by atoms with Crippen molar-refractivity contribution in [3.8, 4) is 0 Å². The predicted octanol–water partition coefficient (Wildman–Crippen LogP) is 1.58. The van der Waals surface area contributed by atoms with Crippen LogP contribution in [-0.2, 0) is 4.74 Å². The van der Waals surface area contributed by atoms with Gasteiger partial charge in [0.15, 0.2) is 0 Å². The van der Waals surface area contributed by atoms with Gasteiger partial charge in [-0.1, -0.05) is 6.42 Å². The maximum absolute atomic E-state index is 5.61. The van der Waals surface area contributed by atoms with Crippen molar-refractivity contribution < 1.29 is 4.74 Å². The van der Waals surface area contributed by atoms with E-state index >= 15 is 0 Å². The highest BCUT2D eigenvalue weighted by Gasteiger charge is 2.27. The van der Waals surface area contributed by atoms with Gasteiger partial charge in [-0.15, -0.1) is 0 Å². The fourth-order valence-corrected chi connectivity index (χ4v) is 2.53. The Labute approximate surface area is 86.4 Å². The first kappa shape index (κ1) is 10.4. The Kier molecular flexibility index (Phi) is 3.79. The predicted molar refractivity (Wildman–Crippen MR) is 56.7 cm³/mol. The molecule has 0 aromatic heterocycles. The lowest BCUT2D eigenvalue weighted by molar-refractivity contribution is 0.0934. The van der Waals surface area contributed by atoms with E-state index in [1.165, 1.54) is 44.9 Å². The second-order valence-corrected chi connectivity index (χ2v) is 4.68. The number of nitrogens with two attached hydrogens (primary N) is 1. The molecule has 1 heterocycles. The van der Waals surface area contributed by atoms with Gasteiger partial charge in [0, 0.05) is 12.6 Å². The molecule has 2 atom stereocenters. The molecule has 2 fully saturated rings. The summed E-state index contributed by atoms with van der Waals surface area (Å²) in [5.41, 5.74) is 2.97. The van der Waals surface area contributed by atoms with Crippen LogP contribution >= 0.6 is 0 Å². The molecular formula is C11H22N2O. The van der Waals surface area contributed by atoms with Gasteiger partial charge in [-0.25, -0.2) is 0 Å². The van der Waals surface area contributed by atoms with E-state index in [0.717, 1.165) is 12.5 Å². The molecule has 2 rings (SSSR count). The van der Waals surface area contributed by atoms with Crippen molar-refractivity contribution in [1.82, 2.24) is 5.43 Å². The van der Waals surface area contributed by atoms with Gasteiger partial charge >= 0.3 is 0 Å². The Morgan fingerprint density at radius 1 is 1.29 bits per heavy atom. The second-order valence-electron chi connectivity index (χ2n) is 4.68. The fourth-order valence-electron chi connectivity index (χ4n) is 2.53. The van der Waals surface area contributed by atoms with E-state index in [1.54, 1.807) is 0 Å². The molecule has 1 aliphatic heterocycles. The zero-order valence-electron chi connectivity index (χ0n) is 8.87. The maximum atomic E-state index is 5.61. The van der Waals surface area contributed by atoms with Crippen LogP contribution in [0.5, 0.6) is 0 Å². The van der Waals surface area contributed by atoms with Gasteiger partial charge in [0.1, 0.15) is 0 Å². The first-order valence-corrected chi connectivity index (χ1v) is 5.98. The first-order valence-electron chi connectivity index (χ1n) is 5.98. The summed E-state index contributed by atoms with van der Waals surface area (Å²) in [6.45, 7) is 0.967. The molecule has 3 heteroatoms. The van der Waals surface area contributed by atoms with Crippen molar-refractivity contribution >= 4 is 0 Å². The van der Waals surface area contributed by atoms with Gasteiger partial charge in [0.05, 0.1) is 6.10 Å². The highest BCUT2D eigenvalue weighted by Crippen LogP contribution is 2.32. The number of hydrogen-bond donors (Lipinski definition) is 2. The number of ether oxygens (including phenoxy) is 1. The molecule has 14 heavy (non-hydrogen) atoms. The van der Waals surface area contributed by atoms with Crippen LogP contribution < -0.4 is 11.3 Å². The molecule has 0 amide bonds. The number of hydrazine groups is 1. The number of nitrogens with one attached hydrogen (secondary N) is 1. The third-order valence-electron chi connectivity index (χ3n) is 3.76. The molecule has 1 saturated heterocycles. The summed E-state index contributed by atoms with van der Waals surface area (Å²) >= 11 is 0. The second kappa shape index (κ2) is 5.10. The standard InChI is InChI=1S/C11H22N2O/c12-13-11(9-3-1-4-9)7-6-10-5-2-8-14-10/h9-11,13H,1-8,12H2. The Hall–Kier alpha value is -0.120. The first-order chi connectivity index (χ1) is 6.90. The van der Waals surface area contributed by atoms with E-state index in [9.17, 15) is 0 Å². The lowest BCUT2D eigenvalue weighted by atomic mass is 9.78. The number of hydrogen-bond acceptors (Lipinski definition) is 3. The smallest absolute Gasteiger partial charge is 0.0576 e. The molecule has 2 unspecified atom stereocenters. The van der Waals surface area contributed by atoms with Gasteiger partial charge in [0.25, 0.3) is 0 Å². The quantitative estimate of drug-likeness (QED) is 0.521. The molecule has 1 saturated carbocycles. The highest BCUT2D eigenvalue weighted by molar-refractivity contribution is 4.82. The molecule has 3 nitrogen and oxygen atoms in total. The monoisotopic (exact) mass is 198 g/mol. The summed E-state index contributed by atoms with van der Waals surface area (Å²) in [5, 5.41) is 0. The minimum Gasteiger partial charge on any atom is -0.378 e. The van der Waals surface area contributed by atoms with Crippen molar-refractivity contribution in [2.24, 2.45) is 11.8 Å². The normalized spacial score (nSPS) is 30.2. The van der Waals surface area contributed by atoms with Crippen molar-refractivity contribution in [3.05, 3.63) is 0 Å². The molecule has 1 aliphatic carbocycles. The van der Waals surface area contributed by atoms with E-state index in [2.05, 4.69) is 5.43 Å². The molecule has 0 spiro atoms. The van der Waals surface area contributed by atoms with E-state index in [-0.39, 0.29) is 0 Å². The average Bonchev–Trinajstić information content (AvgIpc) is 2.61. The minimum absolute atomic E-state index is 0.519. The Bertz CT molecular complexity index is 165. The summed E-state index contributed by atoms with van der Waals surface area (Å²) in [7, 11) is 0. The average molecular weight is 198 g/mol. The van der Waals surface area contributed by atoms with Crippen LogP contribution in [0.4, 0.5) is 0 Å². The van der Waals surface area contributed by atoms with Crippen LogP contribution in [0.15, 0.2) is 0 Å². The van der Waals surface area contributed by atoms with Crippen LogP contribution in [0.3, 0.4) is 0 Å². The van der Waals surface area contributed by atoms with Gasteiger partial charge in [-0.3, -0.25) is 11.3 Å². The SMILES string of the molecule is NNC(CCC1CCCO1)C1CCC1. The molecule has 0 aromatic rings. The van der Waals surface area contributed by atoms with Gasteiger partial charge in [0.2, 0.25) is 0 Å². The van der Waals surface area contributed by atoms with Crippen LogP contribution in [0.1, 0.15) is 44.9 Å². The van der Waals surface area contributed by atoms with E-state index < -0.39 is 0 Å². The van der Waals surface area contributed by atoms with Crippen molar-refractivity contribution in [2.75, 3.05) is 6.61 Å². The lowest BCUT2D eigenvalue weighted by Gasteiger charge is -2.33. The van der Waals surface area contributed by atoms with E-state index in [4.69, 9.17) is 10.6 Å². The summed E-state index contributed by atoms with van der Waals surface area (Å²) in [5.74, 6) is 6.41. The van der Waals surface area contributed by atoms with Crippen molar-refractivity contribution in [2.45, 2.75) is 57.1 Å². The third-order valence-corrected chi connectivity index (χ3v) is 3.76. The Morgan fingerprint density at radius 2 is 2.14 bits per heavy atom. The molecular weight excluding hydrogens is 176 g/mol.